The van der Waals surface area contributed by atoms with Gasteiger partial charge in [0.25, 0.3) is 0 Å². The lowest BCUT2D eigenvalue weighted by Crippen LogP contribution is -2.27. The van der Waals surface area contributed by atoms with Crippen LogP contribution in [-0.4, -0.2) is 31.9 Å². The van der Waals surface area contributed by atoms with Crippen molar-refractivity contribution in [2.75, 3.05) is 25.5 Å². The second kappa shape index (κ2) is 7.39. The van der Waals surface area contributed by atoms with Gasteiger partial charge in [0, 0.05) is 32.9 Å². The number of nitrogens with zero attached hydrogens (tertiary/aromatic N) is 1. The first-order valence-corrected chi connectivity index (χ1v) is 6.64. The van der Waals surface area contributed by atoms with E-state index in [4.69, 9.17) is 0 Å². The fraction of sp³-hybridized carbons (Fsp3) is 0.600. The number of hydrogen-bond acceptors (Lipinski definition) is 3. The van der Waals surface area contributed by atoms with Crippen molar-refractivity contribution < 1.29 is 5.11 Å². The molecule has 3 nitrogen and oxygen atoms in total. The second-order valence-corrected chi connectivity index (χ2v) is 5.48. The maximum atomic E-state index is 9.75. The summed E-state index contributed by atoms with van der Waals surface area (Å²) in [5, 5.41) is 13.0. The molecule has 1 rings (SSSR count). The molecule has 0 saturated heterocycles. The fourth-order valence-electron chi connectivity index (χ4n) is 1.92. The van der Waals surface area contributed by atoms with E-state index in [2.05, 4.69) is 48.3 Å². The molecule has 102 valence electrons. The van der Waals surface area contributed by atoms with E-state index in [1.54, 1.807) is 0 Å². The van der Waals surface area contributed by atoms with Crippen molar-refractivity contribution in [3.8, 4) is 0 Å². The summed E-state index contributed by atoms with van der Waals surface area (Å²) in [6, 6.07) is 8.47. The van der Waals surface area contributed by atoms with Gasteiger partial charge in [-0.1, -0.05) is 26.0 Å². The van der Waals surface area contributed by atoms with E-state index >= 15 is 0 Å². The third-order valence-electron chi connectivity index (χ3n) is 2.91. The van der Waals surface area contributed by atoms with Crippen LogP contribution >= 0.6 is 0 Å². The summed E-state index contributed by atoms with van der Waals surface area (Å²) in [6.07, 6.45) is 0.609. The maximum Gasteiger partial charge on any atom is 0.0667 e. The number of hydrogen-bond donors (Lipinski definition) is 2. The normalized spacial score (nSPS) is 12.8. The molecule has 0 aliphatic carbocycles. The van der Waals surface area contributed by atoms with E-state index in [0.29, 0.717) is 12.5 Å². The van der Waals surface area contributed by atoms with Crippen molar-refractivity contribution in [1.82, 2.24) is 5.32 Å². The van der Waals surface area contributed by atoms with Gasteiger partial charge in [-0.2, -0.15) is 0 Å². The molecule has 2 N–H and O–H groups in total. The van der Waals surface area contributed by atoms with Crippen molar-refractivity contribution in [2.45, 2.75) is 32.9 Å². The molecular formula is C15H26N2O. The van der Waals surface area contributed by atoms with Crippen molar-refractivity contribution in [3.05, 3.63) is 29.8 Å². The molecule has 1 aromatic rings. The SMILES string of the molecule is CC(C)CC(O)CNCc1ccc(N(C)C)cc1. The van der Waals surface area contributed by atoms with Crippen molar-refractivity contribution in [1.29, 1.82) is 0 Å². The Hall–Kier alpha value is -1.06. The molecule has 0 aliphatic heterocycles. The van der Waals surface area contributed by atoms with E-state index in [1.165, 1.54) is 11.3 Å². The molecule has 0 aromatic heterocycles. The predicted molar refractivity (Wildman–Crippen MR) is 77.9 cm³/mol. The lowest BCUT2D eigenvalue weighted by molar-refractivity contribution is 0.146. The summed E-state index contributed by atoms with van der Waals surface area (Å²) in [7, 11) is 4.07. The summed E-state index contributed by atoms with van der Waals surface area (Å²) < 4.78 is 0. The van der Waals surface area contributed by atoms with E-state index in [9.17, 15) is 5.11 Å². The first kappa shape index (κ1) is 15.0. The first-order valence-electron chi connectivity index (χ1n) is 6.64. The molecule has 1 aromatic carbocycles. The Morgan fingerprint density at radius 3 is 2.28 bits per heavy atom. The molecule has 0 spiro atoms. The molecule has 3 heteroatoms. The Bertz CT molecular complexity index is 333. The van der Waals surface area contributed by atoms with Crippen molar-refractivity contribution in [3.63, 3.8) is 0 Å². The Morgan fingerprint density at radius 2 is 1.78 bits per heavy atom. The van der Waals surface area contributed by atoms with Gasteiger partial charge in [0.2, 0.25) is 0 Å². The minimum absolute atomic E-state index is 0.244. The van der Waals surface area contributed by atoms with Gasteiger partial charge < -0.3 is 15.3 Å². The van der Waals surface area contributed by atoms with Gasteiger partial charge in [-0.25, -0.2) is 0 Å². The number of nitrogens with one attached hydrogen (secondary N) is 1. The average molecular weight is 250 g/mol. The smallest absolute Gasteiger partial charge is 0.0667 e. The fourth-order valence-corrected chi connectivity index (χ4v) is 1.92. The van der Waals surface area contributed by atoms with E-state index in [0.717, 1.165) is 13.0 Å². The molecule has 0 fully saturated rings. The zero-order chi connectivity index (χ0) is 13.5. The van der Waals surface area contributed by atoms with Gasteiger partial charge >= 0.3 is 0 Å². The van der Waals surface area contributed by atoms with Crippen LogP contribution in [-0.2, 0) is 6.54 Å². The summed E-state index contributed by atoms with van der Waals surface area (Å²) in [6.45, 7) is 5.73. The Labute approximate surface area is 111 Å². The van der Waals surface area contributed by atoms with Crippen LogP contribution < -0.4 is 10.2 Å². The third-order valence-corrected chi connectivity index (χ3v) is 2.91. The maximum absolute atomic E-state index is 9.75. The number of aliphatic hydroxyl groups excluding tert-OH is 1. The summed E-state index contributed by atoms with van der Waals surface area (Å²) in [4.78, 5) is 2.09. The van der Waals surface area contributed by atoms with Gasteiger partial charge in [0.1, 0.15) is 0 Å². The van der Waals surface area contributed by atoms with Gasteiger partial charge in [-0.15, -0.1) is 0 Å². The van der Waals surface area contributed by atoms with Crippen LogP contribution in [0, 0.1) is 5.92 Å². The van der Waals surface area contributed by atoms with E-state index < -0.39 is 0 Å². The summed E-state index contributed by atoms with van der Waals surface area (Å²) in [5.74, 6) is 0.543. The number of rotatable bonds is 7. The average Bonchev–Trinajstić information content (AvgIpc) is 2.28. The summed E-state index contributed by atoms with van der Waals surface area (Å²) in [5.41, 5.74) is 2.45. The van der Waals surface area contributed by atoms with Crippen molar-refractivity contribution in [2.24, 2.45) is 5.92 Å². The van der Waals surface area contributed by atoms with Crippen LogP contribution in [0.3, 0.4) is 0 Å². The first-order chi connectivity index (χ1) is 8.49. The lowest BCUT2D eigenvalue weighted by atomic mass is 10.1. The molecule has 0 heterocycles. The van der Waals surface area contributed by atoms with Crippen molar-refractivity contribution >= 4 is 5.69 Å². The molecule has 1 unspecified atom stereocenters. The van der Waals surface area contributed by atoms with E-state index in [1.807, 2.05) is 14.1 Å². The van der Waals surface area contributed by atoms with Crippen LogP contribution in [0.15, 0.2) is 24.3 Å². The standard InChI is InChI=1S/C15H26N2O/c1-12(2)9-15(18)11-16-10-13-5-7-14(8-6-13)17(3)4/h5-8,12,15-16,18H,9-11H2,1-4H3. The quantitative estimate of drug-likeness (QED) is 0.779. The predicted octanol–water partition coefficient (Wildman–Crippen LogP) is 2.25. The number of benzene rings is 1. The van der Waals surface area contributed by atoms with Crippen LogP contribution in [0.5, 0.6) is 0 Å². The lowest BCUT2D eigenvalue weighted by Gasteiger charge is -2.15. The zero-order valence-corrected chi connectivity index (χ0v) is 12.0. The van der Waals surface area contributed by atoms with Crippen LogP contribution in [0.4, 0.5) is 5.69 Å². The van der Waals surface area contributed by atoms with Gasteiger partial charge in [-0.05, 0) is 30.0 Å². The molecule has 0 aliphatic rings. The van der Waals surface area contributed by atoms with Gasteiger partial charge in [0.15, 0.2) is 0 Å². The van der Waals surface area contributed by atoms with Gasteiger partial charge in [0.05, 0.1) is 6.10 Å². The Morgan fingerprint density at radius 1 is 1.17 bits per heavy atom. The highest BCUT2D eigenvalue weighted by atomic mass is 16.3. The number of anilines is 1. The van der Waals surface area contributed by atoms with Crippen LogP contribution in [0.2, 0.25) is 0 Å². The largest absolute Gasteiger partial charge is 0.392 e. The van der Waals surface area contributed by atoms with Crippen LogP contribution in [0.25, 0.3) is 0 Å². The molecule has 0 bridgehead atoms. The molecule has 0 saturated carbocycles. The van der Waals surface area contributed by atoms with E-state index in [-0.39, 0.29) is 6.10 Å². The second-order valence-electron chi connectivity index (χ2n) is 5.48. The highest BCUT2D eigenvalue weighted by Crippen LogP contribution is 2.12. The molecule has 18 heavy (non-hydrogen) atoms. The molecule has 0 radical (unpaired) electrons. The van der Waals surface area contributed by atoms with Gasteiger partial charge in [-0.3, -0.25) is 0 Å². The third kappa shape index (κ3) is 5.52. The minimum atomic E-state index is -0.244. The zero-order valence-electron chi connectivity index (χ0n) is 12.0. The molecule has 0 amide bonds. The Kier molecular flexibility index (Phi) is 6.16. The minimum Gasteiger partial charge on any atom is -0.392 e. The molecular weight excluding hydrogens is 224 g/mol. The topological polar surface area (TPSA) is 35.5 Å². The highest BCUT2D eigenvalue weighted by Gasteiger charge is 2.06. The molecule has 1 atom stereocenters. The highest BCUT2D eigenvalue weighted by molar-refractivity contribution is 5.45. The monoisotopic (exact) mass is 250 g/mol. The van der Waals surface area contributed by atoms with Crippen LogP contribution in [0.1, 0.15) is 25.8 Å². The Balaban J connectivity index is 2.31. The summed E-state index contributed by atoms with van der Waals surface area (Å²) >= 11 is 0. The number of aliphatic hydroxyl groups is 1.